The van der Waals surface area contributed by atoms with Gasteiger partial charge in [0.15, 0.2) is 0 Å². The molecule has 1 aromatic carbocycles. The molecule has 0 bridgehead atoms. The van der Waals surface area contributed by atoms with Crippen LogP contribution in [0.25, 0.3) is 11.3 Å². The molecule has 1 aromatic heterocycles. The Kier molecular flexibility index (Phi) is 4.40. The summed E-state index contributed by atoms with van der Waals surface area (Å²) in [5, 5.41) is 9.31. The number of rotatable bonds is 2. The Labute approximate surface area is 128 Å². The van der Waals surface area contributed by atoms with Gasteiger partial charge in [0, 0.05) is 10.6 Å². The smallest absolute Gasteiger partial charge is 0.243 e. The van der Waals surface area contributed by atoms with Crippen molar-refractivity contribution in [2.24, 2.45) is 0 Å². The molecular weight excluding hydrogens is 324 g/mol. The van der Waals surface area contributed by atoms with Crippen LogP contribution in [-0.2, 0) is 12.6 Å². The Morgan fingerprint density at radius 2 is 1.86 bits per heavy atom. The van der Waals surface area contributed by atoms with E-state index in [1.807, 2.05) is 6.07 Å². The first-order valence-corrected chi connectivity index (χ1v) is 6.48. The zero-order valence-corrected chi connectivity index (χ0v) is 11.9. The number of alkyl halides is 3. The molecule has 0 amide bonds. The summed E-state index contributed by atoms with van der Waals surface area (Å²) >= 11 is 11.9. The third-order valence-corrected chi connectivity index (χ3v) is 3.29. The highest BCUT2D eigenvalue weighted by Gasteiger charge is 2.33. The lowest BCUT2D eigenvalue weighted by atomic mass is 10.0. The molecule has 0 fully saturated rings. The summed E-state index contributed by atoms with van der Waals surface area (Å²) in [4.78, 5) is 3.62. The third-order valence-electron chi connectivity index (χ3n) is 2.72. The van der Waals surface area contributed by atoms with Gasteiger partial charge < -0.3 is 0 Å². The molecule has 0 saturated carbocycles. The Hall–Kier alpha value is -1.77. The topological polar surface area (TPSA) is 36.7 Å². The lowest BCUT2D eigenvalue weighted by molar-refractivity contribution is -0.141. The minimum absolute atomic E-state index is 0.0128. The summed E-state index contributed by atoms with van der Waals surface area (Å²) < 4.78 is 38.4. The van der Waals surface area contributed by atoms with E-state index >= 15 is 0 Å². The summed E-state index contributed by atoms with van der Waals surface area (Å²) in [7, 11) is 0. The van der Waals surface area contributed by atoms with Crippen LogP contribution in [0.3, 0.4) is 0 Å². The molecular formula is C14H7Cl2F3N2. The molecule has 2 nitrogen and oxygen atoms in total. The van der Waals surface area contributed by atoms with Crippen LogP contribution in [-0.4, -0.2) is 4.98 Å². The summed E-state index contributed by atoms with van der Waals surface area (Å²) in [6.07, 6.45) is -4.66. The molecule has 0 N–H and O–H groups in total. The van der Waals surface area contributed by atoms with E-state index in [1.165, 1.54) is 24.3 Å². The molecule has 0 saturated heterocycles. The standard InChI is InChI=1S/C14H7Cl2F3N2/c15-9-2-3-11(16)10(7-9)13-8(5-6-20)1-4-12(21-13)14(17,18)19/h1-4,7H,5H2. The second-order valence-electron chi connectivity index (χ2n) is 4.16. The molecule has 0 unspecified atom stereocenters. The Balaban J connectivity index is 2.69. The number of hydrogen-bond acceptors (Lipinski definition) is 2. The van der Waals surface area contributed by atoms with Gasteiger partial charge in [-0.25, -0.2) is 4.98 Å². The molecule has 1 heterocycles. The maximum Gasteiger partial charge on any atom is 0.433 e. The molecule has 7 heteroatoms. The van der Waals surface area contributed by atoms with Crippen LogP contribution in [0.2, 0.25) is 10.0 Å². The van der Waals surface area contributed by atoms with E-state index in [1.54, 1.807) is 0 Å². The second kappa shape index (κ2) is 5.92. The first-order chi connectivity index (χ1) is 9.82. The molecule has 0 aliphatic heterocycles. The van der Waals surface area contributed by atoms with E-state index in [2.05, 4.69) is 4.98 Å². The van der Waals surface area contributed by atoms with Crippen molar-refractivity contribution in [1.82, 2.24) is 4.98 Å². The fourth-order valence-electron chi connectivity index (χ4n) is 1.79. The highest BCUT2D eigenvalue weighted by molar-refractivity contribution is 6.35. The summed E-state index contributed by atoms with van der Waals surface area (Å²) in [5.74, 6) is 0. The van der Waals surface area contributed by atoms with Gasteiger partial charge in [0.1, 0.15) is 5.69 Å². The second-order valence-corrected chi connectivity index (χ2v) is 5.00. The van der Waals surface area contributed by atoms with Gasteiger partial charge in [-0.3, -0.25) is 0 Å². The van der Waals surface area contributed by atoms with Gasteiger partial charge in [0.2, 0.25) is 0 Å². The van der Waals surface area contributed by atoms with Crippen LogP contribution >= 0.6 is 23.2 Å². The van der Waals surface area contributed by atoms with Crippen molar-refractivity contribution in [3.8, 4) is 17.3 Å². The minimum Gasteiger partial charge on any atom is -0.243 e. The number of nitriles is 1. The van der Waals surface area contributed by atoms with Gasteiger partial charge in [-0.15, -0.1) is 0 Å². The predicted molar refractivity (Wildman–Crippen MR) is 74.0 cm³/mol. The van der Waals surface area contributed by atoms with Crippen molar-refractivity contribution in [3.05, 3.63) is 51.6 Å². The van der Waals surface area contributed by atoms with Crippen LogP contribution in [0.5, 0.6) is 0 Å². The largest absolute Gasteiger partial charge is 0.433 e. The Morgan fingerprint density at radius 1 is 1.14 bits per heavy atom. The average Bonchev–Trinajstić information content (AvgIpc) is 2.41. The molecule has 0 atom stereocenters. The zero-order chi connectivity index (χ0) is 15.6. The normalized spacial score (nSPS) is 11.2. The number of aromatic nitrogens is 1. The molecule has 0 radical (unpaired) electrons. The molecule has 2 aromatic rings. The van der Waals surface area contributed by atoms with Crippen LogP contribution in [0, 0.1) is 11.3 Å². The lowest BCUT2D eigenvalue weighted by Gasteiger charge is -2.12. The zero-order valence-electron chi connectivity index (χ0n) is 10.4. The number of halogens is 5. The van der Waals surface area contributed by atoms with Gasteiger partial charge in [-0.1, -0.05) is 29.3 Å². The van der Waals surface area contributed by atoms with Crippen LogP contribution in [0.4, 0.5) is 13.2 Å². The Bertz CT molecular complexity index is 721. The average molecular weight is 331 g/mol. The fourth-order valence-corrected chi connectivity index (χ4v) is 2.17. The highest BCUT2D eigenvalue weighted by atomic mass is 35.5. The predicted octanol–water partition coefficient (Wildman–Crippen LogP) is 5.14. The van der Waals surface area contributed by atoms with Crippen molar-refractivity contribution in [3.63, 3.8) is 0 Å². The van der Waals surface area contributed by atoms with Crippen molar-refractivity contribution >= 4 is 23.2 Å². The van der Waals surface area contributed by atoms with E-state index < -0.39 is 11.9 Å². The van der Waals surface area contributed by atoms with Gasteiger partial charge in [0.05, 0.1) is 23.2 Å². The number of hydrogen-bond donors (Lipinski definition) is 0. The van der Waals surface area contributed by atoms with Crippen LogP contribution < -0.4 is 0 Å². The quantitative estimate of drug-likeness (QED) is 0.764. The summed E-state index contributed by atoms with van der Waals surface area (Å²) in [6, 6.07) is 8.37. The van der Waals surface area contributed by atoms with E-state index in [0.29, 0.717) is 10.6 Å². The maximum atomic E-state index is 12.8. The van der Waals surface area contributed by atoms with Crippen LogP contribution in [0.15, 0.2) is 30.3 Å². The first kappa shape index (κ1) is 15.6. The monoisotopic (exact) mass is 330 g/mol. The van der Waals surface area contributed by atoms with Crippen molar-refractivity contribution < 1.29 is 13.2 Å². The number of nitrogens with zero attached hydrogens (tertiary/aromatic N) is 2. The Morgan fingerprint density at radius 3 is 2.48 bits per heavy atom. The van der Waals surface area contributed by atoms with E-state index in [9.17, 15) is 13.2 Å². The maximum absolute atomic E-state index is 12.8. The van der Waals surface area contributed by atoms with Crippen molar-refractivity contribution in [1.29, 1.82) is 5.26 Å². The molecule has 0 aliphatic carbocycles. The van der Waals surface area contributed by atoms with E-state index in [4.69, 9.17) is 28.5 Å². The third kappa shape index (κ3) is 3.46. The summed E-state index contributed by atoms with van der Waals surface area (Å²) in [5.41, 5.74) is -0.413. The SMILES string of the molecule is N#CCc1ccc(C(F)(F)F)nc1-c1cc(Cl)ccc1Cl. The van der Waals surface area contributed by atoms with E-state index in [0.717, 1.165) is 6.07 Å². The first-order valence-electron chi connectivity index (χ1n) is 5.72. The molecule has 0 spiro atoms. The minimum atomic E-state index is -4.58. The summed E-state index contributed by atoms with van der Waals surface area (Å²) in [6.45, 7) is 0. The van der Waals surface area contributed by atoms with Crippen LogP contribution in [0.1, 0.15) is 11.3 Å². The molecule has 0 aliphatic rings. The highest BCUT2D eigenvalue weighted by Crippen LogP contribution is 2.35. The fraction of sp³-hybridized carbons (Fsp3) is 0.143. The van der Waals surface area contributed by atoms with Crippen molar-refractivity contribution in [2.45, 2.75) is 12.6 Å². The molecule has 108 valence electrons. The van der Waals surface area contributed by atoms with Crippen molar-refractivity contribution in [2.75, 3.05) is 0 Å². The molecule has 2 rings (SSSR count). The number of pyridine rings is 1. The number of benzene rings is 1. The van der Waals surface area contributed by atoms with E-state index in [-0.39, 0.29) is 22.7 Å². The van der Waals surface area contributed by atoms with Gasteiger partial charge in [-0.2, -0.15) is 18.4 Å². The van der Waals surface area contributed by atoms with Gasteiger partial charge in [-0.05, 0) is 29.8 Å². The van der Waals surface area contributed by atoms with Gasteiger partial charge in [0.25, 0.3) is 0 Å². The lowest BCUT2D eigenvalue weighted by Crippen LogP contribution is -2.09. The van der Waals surface area contributed by atoms with Gasteiger partial charge >= 0.3 is 6.18 Å². The molecule has 21 heavy (non-hydrogen) atoms.